The molecule has 4 heteroatoms. The summed E-state index contributed by atoms with van der Waals surface area (Å²) in [5.41, 5.74) is 0.922. The second-order valence-electron chi connectivity index (χ2n) is 4.99. The zero-order valence-electron chi connectivity index (χ0n) is 9.97. The van der Waals surface area contributed by atoms with E-state index >= 15 is 0 Å². The third-order valence-corrected chi connectivity index (χ3v) is 3.89. The van der Waals surface area contributed by atoms with E-state index in [0.29, 0.717) is 5.92 Å². The number of nitrogens with one attached hydrogen (secondary N) is 1. The molecule has 1 amide bonds. The molecule has 17 heavy (non-hydrogen) atoms. The minimum absolute atomic E-state index is 0.0345. The van der Waals surface area contributed by atoms with Crippen LogP contribution in [0.2, 0.25) is 0 Å². The van der Waals surface area contributed by atoms with Gasteiger partial charge in [-0.1, -0.05) is 0 Å². The third kappa shape index (κ3) is 1.93. The van der Waals surface area contributed by atoms with Gasteiger partial charge in [0.15, 0.2) is 0 Å². The number of likely N-dealkylation sites (N-methyl/N-ethyl adjacent to an activating group) is 1. The molecule has 1 aliphatic heterocycles. The van der Waals surface area contributed by atoms with Crippen LogP contribution in [0.15, 0.2) is 24.5 Å². The first-order valence-corrected chi connectivity index (χ1v) is 6.18. The quantitative estimate of drug-likeness (QED) is 0.827. The molecule has 0 aromatic carbocycles. The second-order valence-corrected chi connectivity index (χ2v) is 4.99. The van der Waals surface area contributed by atoms with E-state index in [0.717, 1.165) is 24.6 Å². The molecule has 4 nitrogen and oxygen atoms in total. The number of aromatic nitrogens is 1. The monoisotopic (exact) mass is 231 g/mol. The summed E-state index contributed by atoms with van der Waals surface area (Å²) in [7, 11) is 1.87. The van der Waals surface area contributed by atoms with Crippen molar-refractivity contribution in [2.24, 2.45) is 11.8 Å². The summed E-state index contributed by atoms with van der Waals surface area (Å²) in [6.07, 6.45) is 5.76. The number of nitrogens with zero attached hydrogens (tertiary/aromatic N) is 2. The number of rotatable bonds is 2. The van der Waals surface area contributed by atoms with Gasteiger partial charge in [0.2, 0.25) is 5.91 Å². The maximum Gasteiger partial charge on any atom is 0.244 e. The van der Waals surface area contributed by atoms with Crippen LogP contribution in [0.3, 0.4) is 0 Å². The maximum absolute atomic E-state index is 12.4. The number of carbonyl (C=O) groups excluding carboxylic acids is 1. The van der Waals surface area contributed by atoms with Gasteiger partial charge in [0.05, 0.1) is 17.9 Å². The van der Waals surface area contributed by atoms with Gasteiger partial charge in [-0.2, -0.15) is 0 Å². The molecule has 2 heterocycles. The number of carbonyl (C=O) groups is 1. The topological polar surface area (TPSA) is 45.2 Å². The lowest BCUT2D eigenvalue weighted by Crippen LogP contribution is -2.45. The fraction of sp³-hybridized carbons (Fsp3) is 0.538. The van der Waals surface area contributed by atoms with Gasteiger partial charge in [-0.15, -0.1) is 0 Å². The van der Waals surface area contributed by atoms with Crippen molar-refractivity contribution in [2.45, 2.75) is 18.9 Å². The van der Waals surface area contributed by atoms with Gasteiger partial charge in [0.1, 0.15) is 0 Å². The highest BCUT2D eigenvalue weighted by molar-refractivity contribution is 5.97. The van der Waals surface area contributed by atoms with E-state index in [9.17, 15) is 4.79 Å². The van der Waals surface area contributed by atoms with Gasteiger partial charge >= 0.3 is 0 Å². The van der Waals surface area contributed by atoms with Gasteiger partial charge in [-0.25, -0.2) is 0 Å². The van der Waals surface area contributed by atoms with Crippen LogP contribution in [0.25, 0.3) is 0 Å². The average Bonchev–Trinajstić information content (AvgIpc) is 3.11. The smallest absolute Gasteiger partial charge is 0.244 e. The van der Waals surface area contributed by atoms with Crippen molar-refractivity contribution >= 4 is 11.6 Å². The Labute approximate surface area is 101 Å². The lowest BCUT2D eigenvalue weighted by atomic mass is 10.1. The predicted octanol–water partition coefficient (Wildman–Crippen LogP) is 1.04. The minimum atomic E-state index is -0.0345. The summed E-state index contributed by atoms with van der Waals surface area (Å²) < 4.78 is 0. The molecular weight excluding hydrogens is 214 g/mol. The van der Waals surface area contributed by atoms with Gasteiger partial charge in [0, 0.05) is 12.7 Å². The predicted molar refractivity (Wildman–Crippen MR) is 65.7 cm³/mol. The molecule has 1 N–H and O–H groups in total. The van der Waals surface area contributed by atoms with Crippen molar-refractivity contribution in [3.05, 3.63) is 24.5 Å². The normalized spacial score (nSPS) is 31.9. The molecule has 1 aromatic rings. The van der Waals surface area contributed by atoms with Crippen molar-refractivity contribution < 1.29 is 4.79 Å². The Balaban J connectivity index is 1.89. The summed E-state index contributed by atoms with van der Waals surface area (Å²) in [6.45, 7) is 0.855. The number of fused-ring (bicyclic) bond motifs is 1. The van der Waals surface area contributed by atoms with E-state index in [1.165, 1.54) is 6.42 Å². The number of anilines is 1. The standard InChI is InChI=1S/C13H17N3O/c1-14-12-6-9-5-10(9)8-16(13(12)17)11-3-2-4-15-7-11/h2-4,7,9-10,12,14H,5-6,8H2,1H3. The highest BCUT2D eigenvalue weighted by Gasteiger charge is 2.45. The molecule has 0 spiro atoms. The van der Waals surface area contributed by atoms with E-state index in [1.54, 1.807) is 12.4 Å². The first-order chi connectivity index (χ1) is 8.29. The Morgan fingerprint density at radius 3 is 3.00 bits per heavy atom. The van der Waals surface area contributed by atoms with E-state index in [2.05, 4.69) is 10.3 Å². The third-order valence-electron chi connectivity index (χ3n) is 3.89. The number of pyridine rings is 1. The van der Waals surface area contributed by atoms with Crippen molar-refractivity contribution in [1.29, 1.82) is 0 Å². The Morgan fingerprint density at radius 1 is 1.41 bits per heavy atom. The summed E-state index contributed by atoms with van der Waals surface area (Å²) in [6, 6.07) is 3.81. The van der Waals surface area contributed by atoms with Crippen molar-refractivity contribution in [2.75, 3.05) is 18.5 Å². The number of hydrogen-bond acceptors (Lipinski definition) is 3. The molecule has 1 saturated carbocycles. The summed E-state index contributed by atoms with van der Waals surface area (Å²) >= 11 is 0. The van der Waals surface area contributed by atoms with Crippen LogP contribution in [0, 0.1) is 11.8 Å². The van der Waals surface area contributed by atoms with Crippen LogP contribution < -0.4 is 10.2 Å². The van der Waals surface area contributed by atoms with Crippen LogP contribution in [0.1, 0.15) is 12.8 Å². The Bertz CT molecular complexity index is 420. The SMILES string of the molecule is CNC1CC2CC2CN(c2cccnc2)C1=O. The minimum Gasteiger partial charge on any atom is -0.309 e. The van der Waals surface area contributed by atoms with Gasteiger partial charge in [-0.3, -0.25) is 9.78 Å². The largest absolute Gasteiger partial charge is 0.309 e. The van der Waals surface area contributed by atoms with E-state index in [-0.39, 0.29) is 11.9 Å². The molecule has 1 saturated heterocycles. The first-order valence-electron chi connectivity index (χ1n) is 6.18. The van der Waals surface area contributed by atoms with Crippen LogP contribution in [-0.4, -0.2) is 30.5 Å². The van der Waals surface area contributed by atoms with E-state index in [1.807, 2.05) is 24.1 Å². The van der Waals surface area contributed by atoms with Crippen LogP contribution in [0.5, 0.6) is 0 Å². The second kappa shape index (κ2) is 4.11. The maximum atomic E-state index is 12.4. The van der Waals surface area contributed by atoms with Crippen molar-refractivity contribution in [3.63, 3.8) is 0 Å². The molecule has 2 fully saturated rings. The number of amides is 1. The Kier molecular flexibility index (Phi) is 2.59. The molecule has 90 valence electrons. The summed E-state index contributed by atoms with van der Waals surface area (Å²) in [5, 5.41) is 3.14. The lowest BCUT2D eigenvalue weighted by Gasteiger charge is -2.25. The molecule has 1 aliphatic carbocycles. The summed E-state index contributed by atoms with van der Waals surface area (Å²) in [5.74, 6) is 1.61. The molecule has 2 aliphatic rings. The van der Waals surface area contributed by atoms with Gasteiger partial charge < -0.3 is 10.2 Å². The van der Waals surface area contributed by atoms with E-state index in [4.69, 9.17) is 0 Å². The van der Waals surface area contributed by atoms with Crippen molar-refractivity contribution in [3.8, 4) is 0 Å². The molecule has 3 rings (SSSR count). The molecule has 0 radical (unpaired) electrons. The van der Waals surface area contributed by atoms with Crippen LogP contribution in [-0.2, 0) is 4.79 Å². The lowest BCUT2D eigenvalue weighted by molar-refractivity contribution is -0.120. The zero-order valence-corrected chi connectivity index (χ0v) is 9.97. The fourth-order valence-electron chi connectivity index (χ4n) is 2.73. The van der Waals surface area contributed by atoms with E-state index < -0.39 is 0 Å². The van der Waals surface area contributed by atoms with Gasteiger partial charge in [-0.05, 0) is 43.9 Å². The highest BCUT2D eigenvalue weighted by Crippen LogP contribution is 2.45. The molecule has 1 aromatic heterocycles. The van der Waals surface area contributed by atoms with Crippen LogP contribution >= 0.6 is 0 Å². The fourth-order valence-corrected chi connectivity index (χ4v) is 2.73. The van der Waals surface area contributed by atoms with Crippen LogP contribution in [0.4, 0.5) is 5.69 Å². The highest BCUT2D eigenvalue weighted by atomic mass is 16.2. The average molecular weight is 231 g/mol. The molecular formula is C13H17N3O. The van der Waals surface area contributed by atoms with Crippen molar-refractivity contribution in [1.82, 2.24) is 10.3 Å². The Morgan fingerprint density at radius 2 is 2.29 bits per heavy atom. The summed E-state index contributed by atoms with van der Waals surface area (Å²) in [4.78, 5) is 18.4. The van der Waals surface area contributed by atoms with Gasteiger partial charge in [0.25, 0.3) is 0 Å². The number of hydrogen-bond donors (Lipinski definition) is 1. The first kappa shape index (κ1) is 10.7. The zero-order chi connectivity index (χ0) is 11.8. The Hall–Kier alpha value is -1.42. The molecule has 3 unspecified atom stereocenters. The molecule has 3 atom stereocenters. The molecule has 0 bridgehead atoms.